The maximum absolute atomic E-state index is 13.5. The summed E-state index contributed by atoms with van der Waals surface area (Å²) < 4.78 is 5.74. The van der Waals surface area contributed by atoms with Gasteiger partial charge < -0.3 is 14.7 Å². The number of benzene rings is 3. The number of hydrogen-bond acceptors (Lipinski definition) is 5. The summed E-state index contributed by atoms with van der Waals surface area (Å²) in [6.07, 6.45) is 0.848. The fraction of sp³-hybridized carbons (Fsp3) is 0.312. The molecule has 1 aliphatic heterocycles. The SMILES string of the molecule is CCCOc1cccc(/C(O)=C2\C(=O)C(=O)N(c3ccc(C)c(C)c3)C2c2ccc(N(CC)CC)cc2)c1. The molecule has 6 heteroatoms. The molecule has 1 amide bonds. The van der Waals surface area contributed by atoms with Gasteiger partial charge in [-0.05, 0) is 87.2 Å². The van der Waals surface area contributed by atoms with Gasteiger partial charge in [0.2, 0.25) is 0 Å². The van der Waals surface area contributed by atoms with Crippen molar-refractivity contribution in [1.29, 1.82) is 0 Å². The van der Waals surface area contributed by atoms with E-state index in [-0.39, 0.29) is 11.3 Å². The number of rotatable bonds is 9. The van der Waals surface area contributed by atoms with Gasteiger partial charge in [-0.15, -0.1) is 0 Å². The van der Waals surface area contributed by atoms with E-state index in [1.165, 1.54) is 4.90 Å². The van der Waals surface area contributed by atoms with E-state index in [1.807, 2.05) is 69.3 Å². The Kier molecular flexibility index (Phi) is 8.20. The molecule has 38 heavy (non-hydrogen) atoms. The molecule has 0 aromatic heterocycles. The summed E-state index contributed by atoms with van der Waals surface area (Å²) in [7, 11) is 0. The Labute approximate surface area is 225 Å². The van der Waals surface area contributed by atoms with Gasteiger partial charge in [0.25, 0.3) is 11.7 Å². The topological polar surface area (TPSA) is 70.1 Å². The van der Waals surface area contributed by atoms with Gasteiger partial charge in [-0.3, -0.25) is 14.5 Å². The van der Waals surface area contributed by atoms with Crippen LogP contribution in [-0.2, 0) is 9.59 Å². The van der Waals surface area contributed by atoms with Gasteiger partial charge in [0, 0.05) is 30.0 Å². The number of nitrogens with zero attached hydrogens (tertiary/aromatic N) is 2. The summed E-state index contributed by atoms with van der Waals surface area (Å²) in [6, 6.07) is 19.8. The zero-order chi connectivity index (χ0) is 27.4. The first kappa shape index (κ1) is 27.0. The van der Waals surface area contributed by atoms with Gasteiger partial charge in [-0.2, -0.15) is 0 Å². The summed E-state index contributed by atoms with van der Waals surface area (Å²) in [5.74, 6) is -0.988. The number of carbonyl (C=O) groups excluding carboxylic acids is 2. The fourth-order valence-electron chi connectivity index (χ4n) is 4.85. The molecule has 0 saturated carbocycles. The van der Waals surface area contributed by atoms with Crippen molar-refractivity contribution in [1.82, 2.24) is 0 Å². The number of aliphatic hydroxyl groups is 1. The van der Waals surface area contributed by atoms with Gasteiger partial charge in [0.1, 0.15) is 11.5 Å². The molecule has 6 nitrogen and oxygen atoms in total. The molecule has 3 aromatic carbocycles. The Morgan fingerprint density at radius 2 is 1.63 bits per heavy atom. The molecule has 0 bridgehead atoms. The monoisotopic (exact) mass is 512 g/mol. The second-order valence-electron chi connectivity index (χ2n) is 9.58. The van der Waals surface area contributed by atoms with Crippen molar-refractivity contribution in [3.8, 4) is 5.75 Å². The van der Waals surface area contributed by atoms with E-state index in [1.54, 1.807) is 18.2 Å². The Morgan fingerprint density at radius 3 is 2.26 bits per heavy atom. The highest BCUT2D eigenvalue weighted by molar-refractivity contribution is 6.51. The van der Waals surface area contributed by atoms with E-state index in [4.69, 9.17) is 4.74 Å². The number of aryl methyl sites for hydroxylation is 2. The van der Waals surface area contributed by atoms with Crippen LogP contribution in [0.2, 0.25) is 0 Å². The van der Waals surface area contributed by atoms with E-state index in [2.05, 4.69) is 18.7 Å². The van der Waals surface area contributed by atoms with Crippen molar-refractivity contribution in [2.45, 2.75) is 47.1 Å². The van der Waals surface area contributed by atoms with Crippen molar-refractivity contribution < 1.29 is 19.4 Å². The summed E-state index contributed by atoms with van der Waals surface area (Å²) in [5, 5.41) is 11.5. The molecule has 0 radical (unpaired) electrons. The van der Waals surface area contributed by atoms with E-state index in [0.717, 1.165) is 41.9 Å². The zero-order valence-corrected chi connectivity index (χ0v) is 22.8. The molecular formula is C32H36N2O4. The summed E-state index contributed by atoms with van der Waals surface area (Å²) in [4.78, 5) is 30.8. The summed E-state index contributed by atoms with van der Waals surface area (Å²) >= 11 is 0. The van der Waals surface area contributed by atoms with Crippen LogP contribution in [0.5, 0.6) is 5.75 Å². The van der Waals surface area contributed by atoms with Gasteiger partial charge in [0.15, 0.2) is 0 Å². The number of amides is 1. The first-order valence-electron chi connectivity index (χ1n) is 13.3. The van der Waals surface area contributed by atoms with Crippen molar-refractivity contribution in [3.63, 3.8) is 0 Å². The molecule has 1 heterocycles. The summed E-state index contributed by atoms with van der Waals surface area (Å²) in [5.41, 5.74) is 5.03. The van der Waals surface area contributed by atoms with Crippen LogP contribution in [0.25, 0.3) is 5.76 Å². The van der Waals surface area contributed by atoms with Crippen molar-refractivity contribution in [2.75, 3.05) is 29.5 Å². The predicted octanol–water partition coefficient (Wildman–Crippen LogP) is 6.56. The molecule has 1 unspecified atom stereocenters. The van der Waals surface area contributed by atoms with Crippen LogP contribution in [0.15, 0.2) is 72.3 Å². The lowest BCUT2D eigenvalue weighted by Gasteiger charge is -2.27. The summed E-state index contributed by atoms with van der Waals surface area (Å²) in [6.45, 7) is 12.5. The van der Waals surface area contributed by atoms with Gasteiger partial charge >= 0.3 is 0 Å². The van der Waals surface area contributed by atoms with Gasteiger partial charge in [-0.25, -0.2) is 0 Å². The molecule has 1 saturated heterocycles. The normalized spacial score (nSPS) is 16.7. The molecule has 1 aliphatic rings. The molecule has 3 aromatic rings. The van der Waals surface area contributed by atoms with Crippen molar-refractivity contribution in [2.24, 2.45) is 0 Å². The highest BCUT2D eigenvalue weighted by Gasteiger charge is 2.47. The van der Waals surface area contributed by atoms with Crippen molar-refractivity contribution in [3.05, 3.63) is 94.6 Å². The van der Waals surface area contributed by atoms with Crippen LogP contribution in [0.4, 0.5) is 11.4 Å². The lowest BCUT2D eigenvalue weighted by molar-refractivity contribution is -0.132. The molecule has 0 aliphatic carbocycles. The number of ether oxygens (including phenoxy) is 1. The second-order valence-corrected chi connectivity index (χ2v) is 9.58. The number of carbonyl (C=O) groups is 2. The maximum atomic E-state index is 13.5. The predicted molar refractivity (Wildman–Crippen MR) is 153 cm³/mol. The standard InChI is InChI=1S/C32H36N2O4/c1-6-18-38-27-11-9-10-24(20-27)30(35)28-29(23-13-16-25(17-14-23)33(7-2)8-3)34(32(37)31(28)36)26-15-12-21(4)22(5)19-26/h9-17,19-20,29,35H,6-8,18H2,1-5H3/b30-28+. The Hall–Kier alpha value is -4.06. The zero-order valence-electron chi connectivity index (χ0n) is 22.8. The van der Waals surface area contributed by atoms with Crippen LogP contribution < -0.4 is 14.5 Å². The highest BCUT2D eigenvalue weighted by Crippen LogP contribution is 2.43. The van der Waals surface area contributed by atoms with Crippen LogP contribution in [0.3, 0.4) is 0 Å². The van der Waals surface area contributed by atoms with Crippen LogP contribution >= 0.6 is 0 Å². The van der Waals surface area contributed by atoms with Crippen LogP contribution in [0, 0.1) is 13.8 Å². The molecule has 0 spiro atoms. The van der Waals surface area contributed by atoms with Crippen LogP contribution in [-0.4, -0.2) is 36.5 Å². The molecular weight excluding hydrogens is 476 g/mol. The van der Waals surface area contributed by atoms with E-state index in [0.29, 0.717) is 23.6 Å². The average Bonchev–Trinajstić information content (AvgIpc) is 3.20. The van der Waals surface area contributed by atoms with E-state index in [9.17, 15) is 14.7 Å². The lowest BCUT2D eigenvalue weighted by atomic mass is 9.94. The maximum Gasteiger partial charge on any atom is 0.300 e. The molecule has 1 N–H and O–H groups in total. The quantitative estimate of drug-likeness (QED) is 0.200. The minimum absolute atomic E-state index is 0.0662. The highest BCUT2D eigenvalue weighted by atomic mass is 16.5. The Balaban J connectivity index is 1.88. The smallest absolute Gasteiger partial charge is 0.300 e. The van der Waals surface area contributed by atoms with Crippen LogP contribution in [0.1, 0.15) is 55.5 Å². The Morgan fingerprint density at radius 1 is 0.921 bits per heavy atom. The Bertz CT molecular complexity index is 1360. The number of anilines is 2. The number of hydrogen-bond donors (Lipinski definition) is 1. The number of aliphatic hydroxyl groups excluding tert-OH is 1. The molecule has 198 valence electrons. The minimum atomic E-state index is -0.775. The van der Waals surface area contributed by atoms with Gasteiger partial charge in [0.05, 0.1) is 18.2 Å². The van der Waals surface area contributed by atoms with Crippen molar-refractivity contribution >= 4 is 28.8 Å². The minimum Gasteiger partial charge on any atom is -0.507 e. The molecule has 1 fully saturated rings. The molecule has 1 atom stereocenters. The third-order valence-corrected chi connectivity index (χ3v) is 7.13. The van der Waals surface area contributed by atoms with Gasteiger partial charge in [-0.1, -0.05) is 37.3 Å². The second kappa shape index (κ2) is 11.5. The van der Waals surface area contributed by atoms with E-state index < -0.39 is 17.7 Å². The number of Topliss-reactive ketones (excluding diaryl/α,β-unsaturated/α-hetero) is 1. The average molecular weight is 513 g/mol. The largest absolute Gasteiger partial charge is 0.507 e. The lowest BCUT2D eigenvalue weighted by Crippen LogP contribution is -2.29. The number of ketones is 1. The first-order valence-corrected chi connectivity index (χ1v) is 13.3. The third kappa shape index (κ3) is 5.17. The first-order chi connectivity index (χ1) is 18.3. The van der Waals surface area contributed by atoms with E-state index >= 15 is 0 Å². The fourth-order valence-corrected chi connectivity index (χ4v) is 4.85. The third-order valence-electron chi connectivity index (χ3n) is 7.13. The molecule has 4 rings (SSSR count).